The average Bonchev–Trinajstić information content (AvgIpc) is 2.47. The molecule has 0 saturated heterocycles. The maximum absolute atomic E-state index is 11.9. The summed E-state index contributed by atoms with van der Waals surface area (Å²) in [7, 11) is 1.92. The van der Waals surface area contributed by atoms with Crippen LogP contribution in [0.25, 0.3) is 0 Å². The summed E-state index contributed by atoms with van der Waals surface area (Å²) < 4.78 is 0. The molecule has 2 N–H and O–H groups in total. The van der Waals surface area contributed by atoms with Crippen LogP contribution in [0.3, 0.4) is 0 Å². The van der Waals surface area contributed by atoms with Crippen molar-refractivity contribution < 1.29 is 4.79 Å². The number of amides is 1. The van der Waals surface area contributed by atoms with Crippen LogP contribution in [0.5, 0.6) is 0 Å². The van der Waals surface area contributed by atoms with Crippen molar-refractivity contribution in [2.24, 2.45) is 0 Å². The molecule has 0 aromatic heterocycles. The van der Waals surface area contributed by atoms with Crippen LogP contribution in [0.4, 0.5) is 17.1 Å². The Balaban J connectivity index is 2.08. The Hall–Kier alpha value is -2.33. The second-order valence-electron chi connectivity index (χ2n) is 4.81. The number of rotatable bonds is 3. The summed E-state index contributed by atoms with van der Waals surface area (Å²) in [5.74, 6) is 0.0166. The summed E-state index contributed by atoms with van der Waals surface area (Å²) in [5, 5.41) is 6.09. The van der Waals surface area contributed by atoms with Gasteiger partial charge in [-0.2, -0.15) is 0 Å². The highest BCUT2D eigenvalue weighted by Gasteiger charge is 2.23. The van der Waals surface area contributed by atoms with Crippen LogP contribution in [0, 0.1) is 0 Å². The Morgan fingerprint density at radius 3 is 2.60 bits per heavy atom. The van der Waals surface area contributed by atoms with E-state index in [1.807, 2.05) is 43.4 Å². The van der Waals surface area contributed by atoms with Crippen LogP contribution in [-0.2, 0) is 11.3 Å². The maximum atomic E-state index is 11.9. The Morgan fingerprint density at radius 1 is 1.10 bits per heavy atom. The molecule has 1 aliphatic heterocycles. The Kier molecular flexibility index (Phi) is 3.39. The molecule has 0 radical (unpaired) electrons. The zero-order valence-corrected chi connectivity index (χ0v) is 11.4. The fourth-order valence-corrected chi connectivity index (χ4v) is 2.56. The van der Waals surface area contributed by atoms with Crippen LogP contribution in [0.1, 0.15) is 5.56 Å². The van der Waals surface area contributed by atoms with Crippen molar-refractivity contribution in [3.8, 4) is 0 Å². The summed E-state index contributed by atoms with van der Waals surface area (Å²) in [6.07, 6.45) is 0. The summed E-state index contributed by atoms with van der Waals surface area (Å²) in [4.78, 5) is 14.0. The van der Waals surface area contributed by atoms with Crippen LogP contribution >= 0.6 is 0 Å². The number of anilines is 3. The number of carbonyl (C=O) groups excluding carboxylic acids is 1. The van der Waals surface area contributed by atoms with Gasteiger partial charge in [0.25, 0.3) is 0 Å². The fraction of sp³-hybridized carbons (Fsp3) is 0.188. The molecule has 20 heavy (non-hydrogen) atoms. The molecule has 0 aliphatic carbocycles. The molecule has 0 atom stereocenters. The molecule has 2 aromatic rings. The number of nitrogens with one attached hydrogen (secondary N) is 2. The minimum absolute atomic E-state index is 0.0166. The third kappa shape index (κ3) is 2.26. The number of carbonyl (C=O) groups is 1. The Bertz CT molecular complexity index is 639. The quantitative estimate of drug-likeness (QED) is 0.898. The van der Waals surface area contributed by atoms with Gasteiger partial charge in [0.2, 0.25) is 5.91 Å². The van der Waals surface area contributed by atoms with Crippen molar-refractivity contribution in [1.82, 2.24) is 5.32 Å². The predicted octanol–water partition coefficient (Wildman–Crippen LogP) is 2.50. The van der Waals surface area contributed by atoms with Gasteiger partial charge >= 0.3 is 0 Å². The van der Waals surface area contributed by atoms with Crippen molar-refractivity contribution in [2.45, 2.75) is 6.54 Å². The first kappa shape index (κ1) is 12.7. The molecule has 4 heteroatoms. The first-order chi connectivity index (χ1) is 9.79. The van der Waals surface area contributed by atoms with Crippen molar-refractivity contribution in [1.29, 1.82) is 0 Å². The highest BCUT2D eigenvalue weighted by Crippen LogP contribution is 2.36. The predicted molar refractivity (Wildman–Crippen MR) is 81.3 cm³/mol. The second-order valence-corrected chi connectivity index (χ2v) is 4.81. The third-order valence-electron chi connectivity index (χ3n) is 3.42. The van der Waals surface area contributed by atoms with E-state index in [1.54, 1.807) is 0 Å². The summed E-state index contributed by atoms with van der Waals surface area (Å²) >= 11 is 0. The number of hydrogen-bond acceptors (Lipinski definition) is 3. The van der Waals surface area contributed by atoms with E-state index in [0.29, 0.717) is 6.54 Å². The molecule has 0 fully saturated rings. The topological polar surface area (TPSA) is 44.4 Å². The minimum Gasteiger partial charge on any atom is -0.330 e. The number of nitrogens with zero attached hydrogens (tertiary/aromatic N) is 1. The van der Waals surface area contributed by atoms with Crippen LogP contribution in [0.2, 0.25) is 0 Å². The normalized spacial score (nSPS) is 13.8. The monoisotopic (exact) mass is 267 g/mol. The van der Waals surface area contributed by atoms with E-state index < -0.39 is 0 Å². The van der Waals surface area contributed by atoms with Gasteiger partial charge in [0, 0.05) is 12.2 Å². The van der Waals surface area contributed by atoms with Gasteiger partial charge in [-0.25, -0.2) is 0 Å². The lowest BCUT2D eigenvalue weighted by Crippen LogP contribution is -2.35. The third-order valence-corrected chi connectivity index (χ3v) is 3.42. The van der Waals surface area contributed by atoms with E-state index in [4.69, 9.17) is 0 Å². The van der Waals surface area contributed by atoms with Gasteiger partial charge in [-0.3, -0.25) is 4.79 Å². The molecule has 4 nitrogen and oxygen atoms in total. The van der Waals surface area contributed by atoms with E-state index in [-0.39, 0.29) is 5.91 Å². The van der Waals surface area contributed by atoms with Crippen LogP contribution < -0.4 is 15.5 Å². The minimum atomic E-state index is 0.0166. The number of fused-ring (bicyclic) bond motifs is 1. The number of benzene rings is 2. The standard InChI is InChI=1S/C16H17N3O/c1-17-10-12-6-2-4-8-14(12)19-11-16(20)18-13-7-3-5-9-15(13)19/h2-9,17H,10-11H2,1H3,(H,18,20). The second kappa shape index (κ2) is 5.35. The average molecular weight is 267 g/mol. The lowest BCUT2D eigenvalue weighted by Gasteiger charge is -2.32. The fourth-order valence-electron chi connectivity index (χ4n) is 2.56. The van der Waals surface area contributed by atoms with Crippen LogP contribution in [0.15, 0.2) is 48.5 Å². The van der Waals surface area contributed by atoms with Crippen molar-refractivity contribution in [3.05, 3.63) is 54.1 Å². The van der Waals surface area contributed by atoms with E-state index in [0.717, 1.165) is 23.6 Å². The SMILES string of the molecule is CNCc1ccccc1N1CC(=O)Nc2ccccc21. The van der Waals surface area contributed by atoms with E-state index in [2.05, 4.69) is 27.7 Å². The molecular formula is C16H17N3O. The smallest absolute Gasteiger partial charge is 0.244 e. The van der Waals surface area contributed by atoms with Gasteiger partial charge in [-0.1, -0.05) is 30.3 Å². The van der Waals surface area contributed by atoms with E-state index in [1.165, 1.54) is 5.56 Å². The molecular weight excluding hydrogens is 250 g/mol. The Morgan fingerprint density at radius 2 is 1.80 bits per heavy atom. The van der Waals surface area contributed by atoms with Crippen molar-refractivity contribution in [3.63, 3.8) is 0 Å². The highest BCUT2D eigenvalue weighted by atomic mass is 16.2. The maximum Gasteiger partial charge on any atom is 0.244 e. The summed E-state index contributed by atoms with van der Waals surface area (Å²) in [5.41, 5.74) is 4.15. The first-order valence-corrected chi connectivity index (χ1v) is 6.68. The molecule has 102 valence electrons. The molecule has 1 heterocycles. The molecule has 0 bridgehead atoms. The first-order valence-electron chi connectivity index (χ1n) is 6.68. The molecule has 0 spiro atoms. The molecule has 3 rings (SSSR count). The lowest BCUT2D eigenvalue weighted by molar-refractivity contribution is -0.115. The lowest BCUT2D eigenvalue weighted by atomic mass is 10.1. The Labute approximate surface area is 118 Å². The van der Waals surface area contributed by atoms with Gasteiger partial charge in [0.05, 0.1) is 11.4 Å². The molecule has 1 aliphatic rings. The summed E-state index contributed by atoms with van der Waals surface area (Å²) in [6, 6.07) is 16.1. The summed E-state index contributed by atoms with van der Waals surface area (Å²) in [6.45, 7) is 1.12. The van der Waals surface area contributed by atoms with E-state index in [9.17, 15) is 4.79 Å². The van der Waals surface area contributed by atoms with Crippen LogP contribution in [-0.4, -0.2) is 19.5 Å². The van der Waals surface area contributed by atoms with E-state index >= 15 is 0 Å². The highest BCUT2D eigenvalue weighted by molar-refractivity contribution is 6.03. The van der Waals surface area contributed by atoms with Gasteiger partial charge in [0.1, 0.15) is 6.54 Å². The van der Waals surface area contributed by atoms with Gasteiger partial charge in [-0.15, -0.1) is 0 Å². The molecule has 0 unspecified atom stereocenters. The molecule has 1 amide bonds. The van der Waals surface area contributed by atoms with Gasteiger partial charge in [0.15, 0.2) is 0 Å². The number of para-hydroxylation sites is 3. The van der Waals surface area contributed by atoms with Crippen molar-refractivity contribution >= 4 is 23.0 Å². The zero-order valence-electron chi connectivity index (χ0n) is 11.4. The zero-order chi connectivity index (χ0) is 13.9. The van der Waals surface area contributed by atoms with Gasteiger partial charge in [-0.05, 0) is 30.8 Å². The number of hydrogen-bond donors (Lipinski definition) is 2. The molecule has 0 saturated carbocycles. The largest absolute Gasteiger partial charge is 0.330 e. The van der Waals surface area contributed by atoms with Gasteiger partial charge < -0.3 is 15.5 Å². The molecule has 2 aromatic carbocycles. The van der Waals surface area contributed by atoms with Crippen molar-refractivity contribution in [2.75, 3.05) is 23.8 Å².